The zero-order valence-corrected chi connectivity index (χ0v) is 16.4. The molecule has 0 saturated carbocycles. The van der Waals surface area contributed by atoms with Crippen LogP contribution in [0.2, 0.25) is 0 Å². The third-order valence-electron chi connectivity index (χ3n) is 5.36. The van der Waals surface area contributed by atoms with Gasteiger partial charge in [-0.1, -0.05) is 59.9 Å². The minimum atomic E-state index is 0.194. The molecule has 0 aliphatic carbocycles. The lowest BCUT2D eigenvalue weighted by molar-refractivity contribution is 0.0926. The molecule has 5 rings (SSSR count). The molecule has 1 aliphatic heterocycles. The quantitative estimate of drug-likeness (QED) is 0.485. The van der Waals surface area contributed by atoms with Gasteiger partial charge in [-0.15, -0.1) is 0 Å². The normalized spacial score (nSPS) is 15.4. The van der Waals surface area contributed by atoms with E-state index in [0.29, 0.717) is 6.54 Å². The lowest BCUT2D eigenvalue weighted by atomic mass is 10.0. The van der Waals surface area contributed by atoms with Crippen LogP contribution in [0.25, 0.3) is 21.0 Å². The van der Waals surface area contributed by atoms with Gasteiger partial charge in [0, 0.05) is 31.7 Å². The number of benzene rings is 3. The van der Waals surface area contributed by atoms with E-state index in [1.54, 1.807) is 11.3 Å². The van der Waals surface area contributed by atoms with Crippen LogP contribution in [0.1, 0.15) is 10.4 Å². The number of carbonyl (C=O) groups is 1. The fourth-order valence-electron chi connectivity index (χ4n) is 3.75. The summed E-state index contributed by atoms with van der Waals surface area (Å²) in [6.07, 6.45) is 0. The number of fused-ring (bicyclic) bond motifs is 2. The van der Waals surface area contributed by atoms with Gasteiger partial charge in [0.1, 0.15) is 0 Å². The molecule has 0 radical (unpaired) electrons. The van der Waals surface area contributed by atoms with Crippen LogP contribution >= 0.6 is 11.3 Å². The predicted octanol–water partition coefficient (Wildman–Crippen LogP) is 4.45. The van der Waals surface area contributed by atoms with E-state index in [4.69, 9.17) is 4.98 Å². The summed E-state index contributed by atoms with van der Waals surface area (Å²) in [6.45, 7) is 4.06. The Bertz CT molecular complexity index is 1110. The summed E-state index contributed by atoms with van der Waals surface area (Å²) in [5.41, 5.74) is 1.86. The molecule has 0 atom stereocenters. The highest BCUT2D eigenvalue weighted by atomic mass is 32.1. The van der Waals surface area contributed by atoms with Crippen LogP contribution in [-0.4, -0.2) is 48.4 Å². The number of anilines is 1. The topological polar surface area (TPSA) is 36.4 Å². The van der Waals surface area contributed by atoms with Crippen LogP contribution in [0.3, 0.4) is 0 Å². The van der Waals surface area contributed by atoms with E-state index in [1.165, 1.54) is 10.1 Å². The fourth-order valence-corrected chi connectivity index (χ4v) is 4.77. The highest BCUT2D eigenvalue weighted by Gasteiger charge is 2.21. The van der Waals surface area contributed by atoms with E-state index < -0.39 is 0 Å². The molecule has 0 amide bonds. The van der Waals surface area contributed by atoms with E-state index >= 15 is 0 Å². The van der Waals surface area contributed by atoms with Crippen LogP contribution < -0.4 is 4.90 Å². The second-order valence-corrected chi connectivity index (χ2v) is 8.22. The maximum absolute atomic E-state index is 12.8. The molecule has 4 nitrogen and oxygen atoms in total. The van der Waals surface area contributed by atoms with Crippen LogP contribution in [-0.2, 0) is 0 Å². The molecule has 0 unspecified atom stereocenters. The van der Waals surface area contributed by atoms with Gasteiger partial charge < -0.3 is 4.90 Å². The molecule has 0 spiro atoms. The Labute approximate surface area is 168 Å². The maximum atomic E-state index is 12.8. The van der Waals surface area contributed by atoms with Crippen molar-refractivity contribution in [2.45, 2.75) is 0 Å². The van der Waals surface area contributed by atoms with Crippen molar-refractivity contribution in [2.24, 2.45) is 0 Å². The highest BCUT2D eigenvalue weighted by molar-refractivity contribution is 7.22. The number of hydrogen-bond acceptors (Lipinski definition) is 5. The second-order valence-electron chi connectivity index (χ2n) is 7.21. The molecule has 0 N–H and O–H groups in total. The number of Topliss-reactive ketones (excluding diaryl/α,β-unsaturated/α-hetero) is 1. The lowest BCUT2D eigenvalue weighted by Crippen LogP contribution is -2.48. The van der Waals surface area contributed by atoms with E-state index in [-0.39, 0.29) is 5.78 Å². The Morgan fingerprint density at radius 3 is 2.46 bits per heavy atom. The Balaban J connectivity index is 1.23. The summed E-state index contributed by atoms with van der Waals surface area (Å²) in [5.74, 6) is 0.194. The van der Waals surface area contributed by atoms with Crippen LogP contribution in [0.5, 0.6) is 0 Å². The van der Waals surface area contributed by atoms with Crippen LogP contribution in [0.15, 0.2) is 66.7 Å². The first-order valence-corrected chi connectivity index (χ1v) is 10.4. The third kappa shape index (κ3) is 3.39. The summed E-state index contributed by atoms with van der Waals surface area (Å²) in [4.78, 5) is 22.1. The number of ketones is 1. The van der Waals surface area contributed by atoms with Crippen molar-refractivity contribution in [2.75, 3.05) is 37.6 Å². The zero-order chi connectivity index (χ0) is 18.9. The van der Waals surface area contributed by atoms with E-state index in [0.717, 1.165) is 47.8 Å². The van der Waals surface area contributed by atoms with Crippen LogP contribution in [0, 0.1) is 0 Å². The van der Waals surface area contributed by atoms with Gasteiger partial charge >= 0.3 is 0 Å². The second kappa shape index (κ2) is 7.34. The number of hydrogen-bond donors (Lipinski definition) is 0. The highest BCUT2D eigenvalue weighted by Crippen LogP contribution is 2.29. The molecule has 1 aromatic heterocycles. The maximum Gasteiger partial charge on any atom is 0.186 e. The molecule has 5 heteroatoms. The van der Waals surface area contributed by atoms with Crippen LogP contribution in [0.4, 0.5) is 5.13 Å². The Hall–Kier alpha value is -2.76. The Morgan fingerprint density at radius 2 is 1.64 bits per heavy atom. The minimum absolute atomic E-state index is 0.194. The summed E-state index contributed by atoms with van der Waals surface area (Å²) >= 11 is 1.75. The van der Waals surface area contributed by atoms with Gasteiger partial charge in [0.05, 0.1) is 16.8 Å². The summed E-state index contributed by atoms with van der Waals surface area (Å²) in [6, 6.07) is 22.4. The van der Waals surface area contributed by atoms with E-state index in [1.807, 2.05) is 36.4 Å². The van der Waals surface area contributed by atoms with Gasteiger partial charge in [-0.3, -0.25) is 9.69 Å². The number of rotatable bonds is 4. The number of para-hydroxylation sites is 1. The predicted molar refractivity (Wildman–Crippen MR) is 117 cm³/mol. The number of carbonyl (C=O) groups excluding carboxylic acids is 1. The third-order valence-corrected chi connectivity index (χ3v) is 6.46. The van der Waals surface area contributed by atoms with E-state index in [9.17, 15) is 4.79 Å². The van der Waals surface area contributed by atoms with Crippen molar-refractivity contribution >= 4 is 43.2 Å². The number of thiazole rings is 1. The molecule has 1 aliphatic rings. The van der Waals surface area contributed by atoms with Crippen molar-refractivity contribution in [1.29, 1.82) is 0 Å². The average molecular weight is 388 g/mol. The van der Waals surface area contributed by atoms with Crippen molar-refractivity contribution < 1.29 is 4.79 Å². The molecule has 4 aromatic rings. The fraction of sp³-hybridized carbons (Fsp3) is 0.217. The Morgan fingerprint density at radius 1 is 0.893 bits per heavy atom. The average Bonchev–Trinajstić information content (AvgIpc) is 3.18. The summed E-state index contributed by atoms with van der Waals surface area (Å²) in [5, 5.41) is 3.37. The van der Waals surface area contributed by atoms with Gasteiger partial charge in [-0.25, -0.2) is 4.98 Å². The number of aromatic nitrogens is 1. The molecular weight excluding hydrogens is 366 g/mol. The van der Waals surface area contributed by atoms with Gasteiger partial charge in [-0.2, -0.15) is 0 Å². The van der Waals surface area contributed by atoms with Crippen molar-refractivity contribution in [3.63, 3.8) is 0 Å². The standard InChI is InChI=1S/C23H21N3OS/c27-21(19-10-9-17-5-1-2-6-18(17)15-19)16-25-11-13-26(14-12-25)23-24-20-7-3-4-8-22(20)28-23/h1-10,15H,11-14,16H2. The van der Waals surface area contributed by atoms with Gasteiger partial charge in [0.2, 0.25) is 0 Å². The summed E-state index contributed by atoms with van der Waals surface area (Å²) < 4.78 is 1.23. The van der Waals surface area contributed by atoms with Crippen molar-refractivity contribution in [1.82, 2.24) is 9.88 Å². The smallest absolute Gasteiger partial charge is 0.186 e. The van der Waals surface area contributed by atoms with Gasteiger partial charge in [0.15, 0.2) is 10.9 Å². The SMILES string of the molecule is O=C(CN1CCN(c2nc3ccccc3s2)CC1)c1ccc2ccccc2c1. The monoisotopic (exact) mass is 387 g/mol. The molecule has 3 aromatic carbocycles. The lowest BCUT2D eigenvalue weighted by Gasteiger charge is -2.34. The molecule has 1 saturated heterocycles. The van der Waals surface area contributed by atoms with Crippen molar-refractivity contribution in [3.8, 4) is 0 Å². The van der Waals surface area contributed by atoms with E-state index in [2.05, 4.69) is 40.1 Å². The summed E-state index contributed by atoms with van der Waals surface area (Å²) in [7, 11) is 0. The molecule has 140 valence electrons. The molecule has 0 bridgehead atoms. The minimum Gasteiger partial charge on any atom is -0.345 e. The first kappa shape index (κ1) is 17.3. The largest absolute Gasteiger partial charge is 0.345 e. The number of piperazine rings is 1. The number of nitrogens with zero attached hydrogens (tertiary/aromatic N) is 3. The molecule has 1 fully saturated rings. The zero-order valence-electron chi connectivity index (χ0n) is 15.5. The molecular formula is C23H21N3OS. The van der Waals surface area contributed by atoms with Gasteiger partial charge in [0.25, 0.3) is 0 Å². The first-order chi connectivity index (χ1) is 13.8. The Kier molecular flexibility index (Phi) is 4.55. The first-order valence-electron chi connectivity index (χ1n) is 9.61. The molecule has 2 heterocycles. The van der Waals surface area contributed by atoms with Gasteiger partial charge in [-0.05, 0) is 29.0 Å². The van der Waals surface area contributed by atoms with Crippen molar-refractivity contribution in [3.05, 3.63) is 72.3 Å². The molecule has 28 heavy (non-hydrogen) atoms.